The number of nitrogens with zero attached hydrogens (tertiary/aromatic N) is 2. The lowest BCUT2D eigenvalue weighted by Gasteiger charge is -2.35. The summed E-state index contributed by atoms with van der Waals surface area (Å²) in [5, 5.41) is 0. The highest BCUT2D eigenvalue weighted by Gasteiger charge is 2.52. The predicted octanol–water partition coefficient (Wildman–Crippen LogP) is 1.38. The van der Waals surface area contributed by atoms with Gasteiger partial charge < -0.3 is 4.74 Å². The Labute approximate surface area is 127 Å². The Morgan fingerprint density at radius 1 is 1.24 bits per heavy atom. The molecule has 21 heavy (non-hydrogen) atoms. The Hall–Kier alpha value is -0.660. The summed E-state index contributed by atoms with van der Waals surface area (Å²) in [6.07, 6.45) is 4.59. The van der Waals surface area contributed by atoms with Crippen molar-refractivity contribution in [3.8, 4) is 0 Å². The average molecular weight is 318 g/mol. The van der Waals surface area contributed by atoms with E-state index in [-0.39, 0.29) is 12.0 Å². The van der Waals surface area contributed by atoms with Crippen molar-refractivity contribution in [3.63, 3.8) is 0 Å². The van der Waals surface area contributed by atoms with E-state index in [4.69, 9.17) is 4.74 Å². The molecule has 6 nitrogen and oxygen atoms in total. The molecule has 7 heteroatoms. The number of fused-ring (bicyclic) bond motifs is 1. The molecule has 1 saturated carbocycles. The molecule has 0 N–H and O–H groups in total. The van der Waals surface area contributed by atoms with Crippen LogP contribution in [0.25, 0.3) is 0 Å². The van der Waals surface area contributed by atoms with Gasteiger partial charge in [-0.1, -0.05) is 26.7 Å². The molecular formula is C14H26N2O4S. The molecular weight excluding hydrogens is 292 g/mol. The first kappa shape index (κ1) is 16.7. The summed E-state index contributed by atoms with van der Waals surface area (Å²) in [6.45, 7) is 4.48. The highest BCUT2D eigenvalue weighted by atomic mass is 32.2. The second-order valence-electron chi connectivity index (χ2n) is 5.81. The smallest absolute Gasteiger partial charge is 0.324 e. The lowest BCUT2D eigenvalue weighted by molar-refractivity contribution is -0.144. The van der Waals surface area contributed by atoms with E-state index in [0.717, 1.165) is 25.7 Å². The van der Waals surface area contributed by atoms with Crippen LogP contribution < -0.4 is 0 Å². The van der Waals surface area contributed by atoms with Crippen molar-refractivity contribution in [1.82, 2.24) is 8.61 Å². The second kappa shape index (κ2) is 6.62. The van der Waals surface area contributed by atoms with Crippen molar-refractivity contribution in [2.24, 2.45) is 5.92 Å². The first-order chi connectivity index (χ1) is 9.97. The lowest BCUT2D eigenvalue weighted by atomic mass is 9.85. The summed E-state index contributed by atoms with van der Waals surface area (Å²) >= 11 is 0. The number of hydrogen-bond donors (Lipinski definition) is 0. The minimum atomic E-state index is -3.61. The van der Waals surface area contributed by atoms with Gasteiger partial charge in [-0.05, 0) is 25.2 Å². The minimum Gasteiger partial charge on any atom is -0.468 e. The normalized spacial score (nSPS) is 30.4. The number of carbonyl (C=O) groups excluding carboxylic acids is 1. The van der Waals surface area contributed by atoms with Gasteiger partial charge in [-0.3, -0.25) is 4.79 Å². The fraction of sp³-hybridized carbons (Fsp3) is 0.929. The first-order valence-corrected chi connectivity index (χ1v) is 9.23. The third kappa shape index (κ3) is 2.96. The molecule has 0 aromatic heterocycles. The highest BCUT2D eigenvalue weighted by Crippen LogP contribution is 2.42. The van der Waals surface area contributed by atoms with Crippen molar-refractivity contribution in [2.45, 2.75) is 58.0 Å². The number of carbonyl (C=O) groups is 1. The van der Waals surface area contributed by atoms with Crippen molar-refractivity contribution in [2.75, 3.05) is 20.2 Å². The average Bonchev–Trinajstić information content (AvgIpc) is 2.87. The summed E-state index contributed by atoms with van der Waals surface area (Å²) in [6, 6.07) is -0.706. The van der Waals surface area contributed by atoms with Gasteiger partial charge in [-0.15, -0.1) is 0 Å². The van der Waals surface area contributed by atoms with Crippen LogP contribution >= 0.6 is 0 Å². The molecule has 2 fully saturated rings. The summed E-state index contributed by atoms with van der Waals surface area (Å²) in [7, 11) is -2.28. The Balaban J connectivity index is 2.37. The van der Waals surface area contributed by atoms with Crippen LogP contribution in [0.15, 0.2) is 0 Å². The third-order valence-electron chi connectivity index (χ3n) is 4.80. The van der Waals surface area contributed by atoms with Crippen molar-refractivity contribution in [1.29, 1.82) is 0 Å². The fourth-order valence-electron chi connectivity index (χ4n) is 3.77. The SMILES string of the molecule is CCN(CC)S(=O)(=O)N1C(C(=O)OC)CC2CCCCC21. The van der Waals surface area contributed by atoms with Gasteiger partial charge in [0.2, 0.25) is 0 Å². The van der Waals surface area contributed by atoms with Crippen LogP contribution in [0.4, 0.5) is 0 Å². The van der Waals surface area contributed by atoms with Gasteiger partial charge in [0.15, 0.2) is 0 Å². The van der Waals surface area contributed by atoms with E-state index in [9.17, 15) is 13.2 Å². The van der Waals surface area contributed by atoms with Gasteiger partial charge in [-0.25, -0.2) is 0 Å². The topological polar surface area (TPSA) is 66.9 Å². The Morgan fingerprint density at radius 3 is 2.43 bits per heavy atom. The van der Waals surface area contributed by atoms with Gasteiger partial charge in [0.1, 0.15) is 6.04 Å². The van der Waals surface area contributed by atoms with E-state index in [1.54, 1.807) is 0 Å². The molecule has 1 aliphatic carbocycles. The zero-order chi connectivity index (χ0) is 15.6. The minimum absolute atomic E-state index is 0.0477. The van der Waals surface area contributed by atoms with Crippen LogP contribution in [-0.2, 0) is 19.7 Å². The first-order valence-electron chi connectivity index (χ1n) is 7.83. The molecule has 2 aliphatic rings. The van der Waals surface area contributed by atoms with Crippen LogP contribution in [-0.4, -0.2) is 55.3 Å². The molecule has 0 aromatic rings. The zero-order valence-electron chi connectivity index (χ0n) is 13.1. The fourth-order valence-corrected chi connectivity index (χ4v) is 5.80. The number of esters is 1. The van der Waals surface area contributed by atoms with E-state index in [2.05, 4.69) is 0 Å². The Kier molecular flexibility index (Phi) is 5.27. The van der Waals surface area contributed by atoms with E-state index in [0.29, 0.717) is 19.5 Å². The maximum absolute atomic E-state index is 12.9. The lowest BCUT2D eigenvalue weighted by Crippen LogP contribution is -2.52. The number of ether oxygens (including phenoxy) is 1. The highest BCUT2D eigenvalue weighted by molar-refractivity contribution is 7.86. The second-order valence-corrected chi connectivity index (χ2v) is 7.64. The van der Waals surface area contributed by atoms with E-state index in [1.807, 2.05) is 13.8 Å². The summed E-state index contributed by atoms with van der Waals surface area (Å²) < 4.78 is 33.6. The molecule has 1 heterocycles. The molecule has 122 valence electrons. The standard InChI is InChI=1S/C14H26N2O4S/c1-4-15(5-2)21(18,19)16-12-9-7-6-8-11(12)10-13(16)14(17)20-3/h11-13H,4-10H2,1-3H3. The summed E-state index contributed by atoms with van der Waals surface area (Å²) in [4.78, 5) is 12.1. The monoisotopic (exact) mass is 318 g/mol. The van der Waals surface area contributed by atoms with Crippen LogP contribution in [0.5, 0.6) is 0 Å². The summed E-state index contributed by atoms with van der Waals surface area (Å²) in [5.74, 6) is -0.145. The van der Waals surface area contributed by atoms with E-state index in [1.165, 1.54) is 15.7 Å². The van der Waals surface area contributed by atoms with Gasteiger partial charge in [0, 0.05) is 19.1 Å². The molecule has 1 aliphatic heterocycles. The van der Waals surface area contributed by atoms with Gasteiger partial charge in [0.05, 0.1) is 7.11 Å². The number of rotatable bonds is 5. The quantitative estimate of drug-likeness (QED) is 0.718. The molecule has 0 radical (unpaired) electrons. The molecule has 0 amide bonds. The maximum Gasteiger partial charge on any atom is 0.324 e. The Morgan fingerprint density at radius 2 is 1.86 bits per heavy atom. The molecule has 1 saturated heterocycles. The number of methoxy groups -OCH3 is 1. The molecule has 0 spiro atoms. The van der Waals surface area contributed by atoms with Crippen molar-refractivity contribution >= 4 is 16.2 Å². The molecule has 0 aromatic carbocycles. The van der Waals surface area contributed by atoms with Crippen LogP contribution in [0, 0.1) is 5.92 Å². The molecule has 3 atom stereocenters. The van der Waals surface area contributed by atoms with Crippen molar-refractivity contribution < 1.29 is 17.9 Å². The maximum atomic E-state index is 12.9. The molecule has 0 bridgehead atoms. The predicted molar refractivity (Wildman–Crippen MR) is 79.8 cm³/mol. The van der Waals surface area contributed by atoms with E-state index < -0.39 is 22.2 Å². The van der Waals surface area contributed by atoms with Gasteiger partial charge in [0.25, 0.3) is 10.2 Å². The molecule has 2 rings (SSSR count). The largest absolute Gasteiger partial charge is 0.468 e. The van der Waals surface area contributed by atoms with E-state index >= 15 is 0 Å². The summed E-state index contributed by atoms with van der Waals surface area (Å²) in [5.41, 5.74) is 0. The number of hydrogen-bond acceptors (Lipinski definition) is 4. The van der Waals surface area contributed by atoms with Crippen LogP contribution in [0.3, 0.4) is 0 Å². The van der Waals surface area contributed by atoms with Gasteiger partial charge >= 0.3 is 5.97 Å². The third-order valence-corrected chi connectivity index (χ3v) is 7.03. The Bertz CT molecular complexity index is 475. The van der Waals surface area contributed by atoms with Gasteiger partial charge in [-0.2, -0.15) is 17.0 Å². The zero-order valence-corrected chi connectivity index (χ0v) is 13.9. The van der Waals surface area contributed by atoms with Crippen LogP contribution in [0.1, 0.15) is 46.0 Å². The van der Waals surface area contributed by atoms with Crippen molar-refractivity contribution in [3.05, 3.63) is 0 Å². The molecule has 3 unspecified atom stereocenters. The van der Waals surface area contributed by atoms with Crippen LogP contribution in [0.2, 0.25) is 0 Å².